The predicted molar refractivity (Wildman–Crippen MR) is 89.1 cm³/mol. The molecule has 0 aliphatic rings. The van der Waals surface area contributed by atoms with Crippen molar-refractivity contribution in [2.45, 2.75) is 20.3 Å². The van der Waals surface area contributed by atoms with Crippen molar-refractivity contribution >= 4 is 23.5 Å². The molecule has 0 N–H and O–H groups in total. The molecule has 0 aliphatic carbocycles. The Labute approximate surface area is 135 Å². The lowest BCUT2D eigenvalue weighted by Crippen LogP contribution is -1.83. The molecule has 0 heterocycles. The summed E-state index contributed by atoms with van der Waals surface area (Å²) in [5, 5.41) is 0. The van der Waals surface area contributed by atoms with Gasteiger partial charge >= 0.3 is 0 Å². The summed E-state index contributed by atoms with van der Waals surface area (Å²) in [5.74, 6) is 0.587. The molecular weight excluding hydrogens is 292 g/mol. The van der Waals surface area contributed by atoms with Crippen molar-refractivity contribution in [3.05, 3.63) is 53.6 Å². The van der Waals surface area contributed by atoms with Crippen molar-refractivity contribution in [1.29, 1.82) is 0 Å². The fourth-order valence-electron chi connectivity index (χ4n) is 1.84. The largest absolute Gasteiger partial charge is 0.494 e. The topological polar surface area (TPSA) is 68.1 Å². The molecule has 0 saturated carbocycles. The quantitative estimate of drug-likeness (QED) is 0.628. The van der Waals surface area contributed by atoms with Crippen LogP contribution in [0.15, 0.2) is 52.4 Å². The van der Waals surface area contributed by atoms with Crippen LogP contribution in [0.5, 0.6) is 5.75 Å². The van der Waals surface area contributed by atoms with Gasteiger partial charge in [-0.25, -0.2) is 9.59 Å². The zero-order chi connectivity index (χ0) is 17.1. The molecule has 118 valence electrons. The number of aryl methyl sites for hydroxylation is 2. The van der Waals surface area contributed by atoms with Crippen LogP contribution in [-0.2, 0) is 16.0 Å². The molecule has 23 heavy (non-hydrogen) atoms. The second kappa shape index (κ2) is 9.85. The van der Waals surface area contributed by atoms with E-state index in [9.17, 15) is 9.59 Å². The zero-order valence-corrected chi connectivity index (χ0v) is 13.4. The summed E-state index contributed by atoms with van der Waals surface area (Å²) < 4.78 is 4.98. The van der Waals surface area contributed by atoms with E-state index in [1.807, 2.05) is 31.2 Å². The Hall–Kier alpha value is -3.00. The van der Waals surface area contributed by atoms with Crippen molar-refractivity contribution in [2.24, 2.45) is 9.98 Å². The van der Waals surface area contributed by atoms with Crippen LogP contribution in [0.4, 0.5) is 11.4 Å². The number of hydrogen-bond acceptors (Lipinski definition) is 5. The van der Waals surface area contributed by atoms with E-state index in [0.29, 0.717) is 17.1 Å². The summed E-state index contributed by atoms with van der Waals surface area (Å²) >= 11 is 0. The van der Waals surface area contributed by atoms with Crippen LogP contribution in [0.3, 0.4) is 0 Å². The molecule has 0 atom stereocenters. The first kappa shape index (κ1) is 18.1. The lowest BCUT2D eigenvalue weighted by molar-refractivity contribution is 0.416. The molecule has 2 aromatic rings. The van der Waals surface area contributed by atoms with E-state index in [1.54, 1.807) is 18.2 Å². The van der Waals surface area contributed by atoms with E-state index >= 15 is 0 Å². The summed E-state index contributed by atoms with van der Waals surface area (Å²) in [5.41, 5.74) is 3.41. The summed E-state index contributed by atoms with van der Waals surface area (Å²) in [6.45, 7) is 3.98. The number of ether oxygens (including phenoxy) is 1. The van der Waals surface area contributed by atoms with Gasteiger partial charge in [0.25, 0.3) is 0 Å². The Balaban J connectivity index is 0.000000231. The highest BCUT2D eigenvalue weighted by Crippen LogP contribution is 2.27. The maximum Gasteiger partial charge on any atom is 0.240 e. The van der Waals surface area contributed by atoms with Crippen LogP contribution < -0.4 is 4.74 Å². The van der Waals surface area contributed by atoms with Gasteiger partial charge in [0.15, 0.2) is 0 Å². The van der Waals surface area contributed by atoms with Gasteiger partial charge in [0, 0.05) is 0 Å². The standard InChI is InChI=1S/C9H9NO2.C9H9NO/c1-7-3-4-9(12-2)8(5-7)10-6-11;1-2-8-4-3-5-9(6-8)10-7-11/h3-5H,1-2H3;3-6H,2H2,1H3. The molecule has 0 saturated heterocycles. The van der Waals surface area contributed by atoms with Crippen LogP contribution in [0.25, 0.3) is 0 Å². The molecule has 0 amide bonds. The van der Waals surface area contributed by atoms with Gasteiger partial charge in [-0.15, -0.1) is 0 Å². The van der Waals surface area contributed by atoms with Crippen molar-refractivity contribution in [3.63, 3.8) is 0 Å². The van der Waals surface area contributed by atoms with Crippen molar-refractivity contribution in [1.82, 2.24) is 0 Å². The SMILES string of the molecule is CCc1cccc(N=C=O)c1.COc1ccc(C)cc1N=C=O. The molecule has 0 radical (unpaired) electrons. The minimum atomic E-state index is 0.521. The predicted octanol–water partition coefficient (Wildman–Crippen LogP) is 4.19. The van der Waals surface area contributed by atoms with Gasteiger partial charge in [0.05, 0.1) is 12.8 Å². The Morgan fingerprint density at radius 2 is 1.78 bits per heavy atom. The lowest BCUT2D eigenvalue weighted by atomic mass is 10.1. The van der Waals surface area contributed by atoms with Gasteiger partial charge < -0.3 is 4.74 Å². The molecule has 0 bridgehead atoms. The first-order valence-corrected chi connectivity index (χ1v) is 7.04. The molecule has 5 heteroatoms. The molecule has 2 aromatic carbocycles. The summed E-state index contributed by atoms with van der Waals surface area (Å²) in [6.07, 6.45) is 3.95. The summed E-state index contributed by atoms with van der Waals surface area (Å²) in [6, 6.07) is 13.0. The van der Waals surface area contributed by atoms with Crippen molar-refractivity contribution in [2.75, 3.05) is 7.11 Å². The smallest absolute Gasteiger partial charge is 0.240 e. The van der Waals surface area contributed by atoms with Gasteiger partial charge in [-0.05, 0) is 48.7 Å². The Bertz CT molecular complexity index is 744. The van der Waals surface area contributed by atoms with Crippen LogP contribution in [0, 0.1) is 6.92 Å². The molecule has 5 nitrogen and oxygen atoms in total. The van der Waals surface area contributed by atoms with Gasteiger partial charge in [-0.1, -0.05) is 25.1 Å². The highest BCUT2D eigenvalue weighted by Gasteiger charge is 1.99. The van der Waals surface area contributed by atoms with E-state index in [-0.39, 0.29) is 0 Å². The molecular formula is C18H18N2O3. The molecule has 0 fully saturated rings. The van der Waals surface area contributed by atoms with E-state index in [1.165, 1.54) is 24.8 Å². The fourth-order valence-corrected chi connectivity index (χ4v) is 1.84. The maximum atomic E-state index is 10.0. The maximum absolute atomic E-state index is 10.0. The number of benzene rings is 2. The third kappa shape index (κ3) is 6.10. The molecule has 0 aliphatic heterocycles. The molecule has 0 unspecified atom stereocenters. The number of methoxy groups -OCH3 is 1. The second-order valence-electron chi connectivity index (χ2n) is 4.60. The third-order valence-corrected chi connectivity index (χ3v) is 2.99. The van der Waals surface area contributed by atoms with Crippen LogP contribution in [0.2, 0.25) is 0 Å². The number of aliphatic imine (C=N–C) groups is 2. The number of rotatable bonds is 4. The second-order valence-corrected chi connectivity index (χ2v) is 4.60. The third-order valence-electron chi connectivity index (χ3n) is 2.99. The van der Waals surface area contributed by atoms with Gasteiger partial charge in [-0.3, -0.25) is 0 Å². The number of carbonyl (C=O) groups excluding carboxylic acids is 2. The summed E-state index contributed by atoms with van der Waals surface area (Å²) in [4.78, 5) is 26.9. The average molecular weight is 310 g/mol. The lowest BCUT2D eigenvalue weighted by Gasteiger charge is -2.02. The first-order chi connectivity index (χ1) is 11.1. The zero-order valence-electron chi connectivity index (χ0n) is 13.4. The first-order valence-electron chi connectivity index (χ1n) is 7.04. The minimum absolute atomic E-state index is 0.521. The van der Waals surface area contributed by atoms with Crippen LogP contribution in [-0.4, -0.2) is 19.3 Å². The van der Waals surface area contributed by atoms with E-state index in [0.717, 1.165) is 12.0 Å². The normalized spacial score (nSPS) is 8.83. The number of isocyanates is 2. The highest BCUT2D eigenvalue weighted by molar-refractivity contribution is 5.58. The Kier molecular flexibility index (Phi) is 7.73. The van der Waals surface area contributed by atoms with Crippen molar-refractivity contribution < 1.29 is 14.3 Å². The molecule has 2 rings (SSSR count). The Morgan fingerprint density at radius 1 is 1.04 bits per heavy atom. The average Bonchev–Trinajstić information content (AvgIpc) is 2.56. The molecule has 0 aromatic heterocycles. The number of hydrogen-bond donors (Lipinski definition) is 0. The van der Waals surface area contributed by atoms with E-state index in [4.69, 9.17) is 4.74 Å². The monoisotopic (exact) mass is 310 g/mol. The summed E-state index contributed by atoms with van der Waals surface area (Å²) in [7, 11) is 1.54. The minimum Gasteiger partial charge on any atom is -0.494 e. The number of nitrogens with zero attached hydrogens (tertiary/aromatic N) is 2. The Morgan fingerprint density at radius 3 is 2.39 bits per heavy atom. The van der Waals surface area contributed by atoms with Gasteiger partial charge in [0.2, 0.25) is 12.2 Å². The van der Waals surface area contributed by atoms with Crippen LogP contribution >= 0.6 is 0 Å². The van der Waals surface area contributed by atoms with E-state index < -0.39 is 0 Å². The molecule has 0 spiro atoms. The highest BCUT2D eigenvalue weighted by atomic mass is 16.5. The van der Waals surface area contributed by atoms with Gasteiger partial charge in [-0.2, -0.15) is 9.98 Å². The van der Waals surface area contributed by atoms with Crippen molar-refractivity contribution in [3.8, 4) is 5.75 Å². The van der Waals surface area contributed by atoms with Gasteiger partial charge in [0.1, 0.15) is 11.4 Å². The van der Waals surface area contributed by atoms with Crippen LogP contribution in [0.1, 0.15) is 18.1 Å². The van der Waals surface area contributed by atoms with E-state index in [2.05, 4.69) is 16.9 Å². The fraction of sp³-hybridized carbons (Fsp3) is 0.222.